The van der Waals surface area contributed by atoms with Gasteiger partial charge in [-0.1, -0.05) is 0 Å². The molecule has 0 radical (unpaired) electrons. The summed E-state index contributed by atoms with van der Waals surface area (Å²) in [7, 11) is 1.71. The molecule has 1 N–H and O–H groups in total. The fourth-order valence-corrected chi connectivity index (χ4v) is 6.81. The minimum Gasteiger partial charge on any atom is -0.370 e. The number of pyridine rings is 1. The van der Waals surface area contributed by atoms with Crippen molar-refractivity contribution in [3.8, 4) is 28.6 Å². The van der Waals surface area contributed by atoms with Crippen LogP contribution in [-0.2, 0) is 26.3 Å². The van der Waals surface area contributed by atoms with E-state index in [1.807, 2.05) is 0 Å². The molecule has 9 nitrogen and oxygen atoms in total. The largest absolute Gasteiger partial charge is 0.416 e. The second-order valence-electron chi connectivity index (χ2n) is 13.0. The standard InChI is InChI=1S/C34H30F6N8O/c1-46-19-43-45-30(46)23-3-2-20(15-41)10-24(23)22-13-28(42-8-6-33(35,36)37)44-29(14-22)48-17-26-25(31(48)49)11-21(12-27(26)34(38,39)40)16-47-9-7-32(18-47)4-5-32/h2-3,10-14,19H,4-9,16-18H2,1H3,(H,42,44). The Morgan fingerprint density at radius 3 is 2.45 bits per heavy atom. The molecule has 2 aliphatic heterocycles. The van der Waals surface area contributed by atoms with E-state index in [4.69, 9.17) is 0 Å². The molecule has 1 amide bonds. The number of hydrogen-bond donors (Lipinski definition) is 1. The minimum atomic E-state index is -4.73. The van der Waals surface area contributed by atoms with Gasteiger partial charge in [-0.25, -0.2) is 4.98 Å². The van der Waals surface area contributed by atoms with Gasteiger partial charge in [0.2, 0.25) is 0 Å². The number of nitriles is 1. The highest BCUT2D eigenvalue weighted by molar-refractivity contribution is 6.10. The highest BCUT2D eigenvalue weighted by Gasteiger charge is 2.48. The van der Waals surface area contributed by atoms with E-state index in [1.165, 1.54) is 24.5 Å². The molecular formula is C34H30F6N8O. The highest BCUT2D eigenvalue weighted by Crippen LogP contribution is 2.53. The minimum absolute atomic E-state index is 0.0356. The van der Waals surface area contributed by atoms with Crippen molar-refractivity contribution in [2.24, 2.45) is 12.5 Å². The maximum Gasteiger partial charge on any atom is 0.416 e. The van der Waals surface area contributed by atoms with Crippen molar-refractivity contribution in [1.29, 1.82) is 5.26 Å². The number of carbonyl (C=O) groups excluding carboxylic acids is 1. The Morgan fingerprint density at radius 2 is 1.80 bits per heavy atom. The topological polar surface area (TPSA) is 103 Å². The number of benzene rings is 2. The number of likely N-dealkylation sites (tertiary alicyclic amines) is 1. The van der Waals surface area contributed by atoms with Gasteiger partial charge in [-0.2, -0.15) is 31.6 Å². The normalized spacial score (nSPS) is 17.1. The maximum absolute atomic E-state index is 14.5. The Labute approximate surface area is 277 Å². The van der Waals surface area contributed by atoms with Crippen molar-refractivity contribution in [1.82, 2.24) is 24.6 Å². The molecule has 2 fully saturated rings. The zero-order valence-electron chi connectivity index (χ0n) is 26.3. The highest BCUT2D eigenvalue weighted by atomic mass is 19.4. The fourth-order valence-electron chi connectivity index (χ4n) is 6.81. The van der Waals surface area contributed by atoms with Gasteiger partial charge in [0.15, 0.2) is 5.82 Å². The van der Waals surface area contributed by atoms with Crippen LogP contribution in [0.15, 0.2) is 48.8 Å². The number of alkyl halides is 6. The van der Waals surface area contributed by atoms with Gasteiger partial charge in [-0.05, 0) is 95.9 Å². The monoisotopic (exact) mass is 680 g/mol. The number of halogens is 6. The number of amides is 1. The second-order valence-corrected chi connectivity index (χ2v) is 13.0. The van der Waals surface area contributed by atoms with Crippen LogP contribution in [-0.4, -0.2) is 56.4 Å². The van der Waals surface area contributed by atoms with Crippen molar-refractivity contribution in [3.05, 3.63) is 76.6 Å². The van der Waals surface area contributed by atoms with Crippen LogP contribution in [0, 0.1) is 16.7 Å². The first-order valence-electron chi connectivity index (χ1n) is 15.7. The van der Waals surface area contributed by atoms with Crippen LogP contribution in [0.1, 0.15) is 58.3 Å². The van der Waals surface area contributed by atoms with Crippen molar-refractivity contribution in [3.63, 3.8) is 0 Å². The summed E-state index contributed by atoms with van der Waals surface area (Å²) in [5.74, 6) is -0.384. The SMILES string of the molecule is Cn1cnnc1-c1ccc(C#N)cc1-c1cc(NCCC(F)(F)F)nc(N2Cc3c(cc(CN4CCC5(CC5)C4)cc3C(F)(F)F)C2=O)c1. The Hall–Kier alpha value is -4.97. The van der Waals surface area contributed by atoms with Crippen LogP contribution in [0.5, 0.6) is 0 Å². The van der Waals surface area contributed by atoms with Crippen LogP contribution in [0.3, 0.4) is 0 Å². The summed E-state index contributed by atoms with van der Waals surface area (Å²) in [6.45, 7) is 0.898. The van der Waals surface area contributed by atoms with Crippen molar-refractivity contribution < 1.29 is 31.1 Å². The van der Waals surface area contributed by atoms with Gasteiger partial charge in [0, 0.05) is 37.8 Å². The molecule has 4 heterocycles. The molecule has 1 aliphatic carbocycles. The molecule has 2 aromatic heterocycles. The third-order valence-electron chi connectivity index (χ3n) is 9.50. The summed E-state index contributed by atoms with van der Waals surface area (Å²) in [5, 5.41) is 20.4. The van der Waals surface area contributed by atoms with Gasteiger partial charge in [0.1, 0.15) is 18.0 Å². The average Bonchev–Trinajstić information content (AvgIpc) is 3.30. The lowest BCUT2D eigenvalue weighted by Gasteiger charge is -2.19. The molecule has 1 saturated carbocycles. The summed E-state index contributed by atoms with van der Waals surface area (Å²) in [4.78, 5) is 21.6. The maximum atomic E-state index is 14.5. The van der Waals surface area contributed by atoms with Crippen LogP contribution in [0.2, 0.25) is 0 Å². The Balaban J connectivity index is 1.29. The lowest BCUT2D eigenvalue weighted by Crippen LogP contribution is -2.25. The summed E-state index contributed by atoms with van der Waals surface area (Å²) in [6.07, 6.45) is -5.65. The number of aromatic nitrogens is 4. The summed E-state index contributed by atoms with van der Waals surface area (Å²) < 4.78 is 84.3. The molecule has 4 aromatic rings. The summed E-state index contributed by atoms with van der Waals surface area (Å²) in [5.41, 5.74) is 1.05. The van der Waals surface area contributed by atoms with Gasteiger partial charge in [0.05, 0.1) is 30.2 Å². The van der Waals surface area contributed by atoms with Crippen LogP contribution in [0.25, 0.3) is 22.5 Å². The number of nitrogens with zero attached hydrogens (tertiary/aromatic N) is 7. The number of fused-ring (bicyclic) bond motifs is 1. The summed E-state index contributed by atoms with van der Waals surface area (Å²) in [6, 6.07) is 12.4. The van der Waals surface area contributed by atoms with Crippen LogP contribution in [0.4, 0.5) is 38.0 Å². The predicted molar refractivity (Wildman–Crippen MR) is 167 cm³/mol. The number of aryl methyl sites for hydroxylation is 1. The smallest absolute Gasteiger partial charge is 0.370 e. The van der Waals surface area contributed by atoms with E-state index in [-0.39, 0.29) is 40.3 Å². The van der Waals surface area contributed by atoms with E-state index in [9.17, 15) is 36.4 Å². The van der Waals surface area contributed by atoms with Gasteiger partial charge in [-0.3, -0.25) is 14.6 Å². The molecule has 2 aromatic carbocycles. The fraction of sp³-hybridized carbons (Fsp3) is 0.382. The summed E-state index contributed by atoms with van der Waals surface area (Å²) >= 11 is 0. The van der Waals surface area contributed by atoms with Gasteiger partial charge >= 0.3 is 12.4 Å². The first-order valence-corrected chi connectivity index (χ1v) is 15.7. The molecule has 254 valence electrons. The van der Waals surface area contributed by atoms with Gasteiger partial charge < -0.3 is 9.88 Å². The quantitative estimate of drug-likeness (QED) is 0.201. The second kappa shape index (κ2) is 11.9. The molecule has 15 heteroatoms. The first kappa shape index (κ1) is 32.6. The Morgan fingerprint density at radius 1 is 1.00 bits per heavy atom. The third-order valence-corrected chi connectivity index (χ3v) is 9.50. The molecule has 49 heavy (non-hydrogen) atoms. The van der Waals surface area contributed by atoms with E-state index < -0.39 is 43.3 Å². The van der Waals surface area contributed by atoms with E-state index >= 15 is 0 Å². The van der Waals surface area contributed by atoms with Crippen LogP contribution < -0.4 is 10.2 Å². The molecule has 0 atom stereocenters. The Kier molecular flexibility index (Phi) is 7.89. The van der Waals surface area contributed by atoms with Gasteiger partial charge in [-0.15, -0.1) is 10.2 Å². The molecule has 1 spiro atoms. The van der Waals surface area contributed by atoms with E-state index in [0.717, 1.165) is 43.3 Å². The third kappa shape index (κ3) is 6.57. The molecular weight excluding hydrogens is 650 g/mol. The zero-order valence-corrected chi connectivity index (χ0v) is 26.3. The van der Waals surface area contributed by atoms with E-state index in [2.05, 4.69) is 31.5 Å². The lowest BCUT2D eigenvalue weighted by molar-refractivity contribution is -0.138. The van der Waals surface area contributed by atoms with E-state index in [1.54, 1.807) is 29.8 Å². The first-order chi connectivity index (χ1) is 23.2. The number of nitrogens with one attached hydrogen (secondary N) is 1. The molecule has 3 aliphatic rings. The lowest BCUT2D eigenvalue weighted by atomic mass is 9.97. The number of anilines is 2. The number of hydrogen-bond acceptors (Lipinski definition) is 7. The van der Waals surface area contributed by atoms with Crippen molar-refractivity contribution in [2.75, 3.05) is 29.9 Å². The molecule has 0 bridgehead atoms. The number of carbonyl (C=O) groups is 1. The van der Waals surface area contributed by atoms with E-state index in [0.29, 0.717) is 28.1 Å². The van der Waals surface area contributed by atoms with Crippen LogP contribution >= 0.6 is 0 Å². The van der Waals surface area contributed by atoms with Crippen molar-refractivity contribution in [2.45, 2.75) is 51.1 Å². The average molecular weight is 681 g/mol. The predicted octanol–water partition coefficient (Wildman–Crippen LogP) is 6.95. The zero-order chi connectivity index (χ0) is 34.7. The molecule has 0 unspecified atom stereocenters. The van der Waals surface area contributed by atoms with Gasteiger partial charge in [0.25, 0.3) is 5.91 Å². The Bertz CT molecular complexity index is 1990. The molecule has 1 saturated heterocycles. The number of rotatable bonds is 8. The molecule has 7 rings (SSSR count). The van der Waals surface area contributed by atoms with Crippen molar-refractivity contribution >= 4 is 17.5 Å².